The molecule has 52 heavy (non-hydrogen) atoms. The molecule has 1 aliphatic carbocycles. The zero-order valence-corrected chi connectivity index (χ0v) is 31.8. The second-order valence-electron chi connectivity index (χ2n) is 14.7. The van der Waals surface area contributed by atoms with Gasteiger partial charge in [-0.05, 0) is 72.9 Å². The minimum atomic E-state index is -0.847. The highest BCUT2D eigenvalue weighted by atomic mass is 33.1. The predicted molar refractivity (Wildman–Crippen MR) is 210 cm³/mol. The van der Waals surface area contributed by atoms with Crippen LogP contribution in [-0.4, -0.2) is 57.1 Å². The molecule has 0 unspecified atom stereocenters. The van der Waals surface area contributed by atoms with Crippen LogP contribution in [-0.2, 0) is 18.6 Å². The van der Waals surface area contributed by atoms with Crippen LogP contribution in [0, 0.1) is 11.8 Å². The topological polar surface area (TPSA) is 153 Å². The lowest BCUT2D eigenvalue weighted by atomic mass is 9.88. The third kappa shape index (κ3) is 8.55. The highest BCUT2D eigenvalue weighted by molar-refractivity contribution is 8.76. The molecule has 1 saturated carbocycles. The smallest absolute Gasteiger partial charge is 0.238 e. The first-order valence-corrected chi connectivity index (χ1v) is 20.9. The minimum absolute atomic E-state index is 0.00422. The number of aromatic hydroxyl groups is 3. The van der Waals surface area contributed by atoms with Gasteiger partial charge >= 0.3 is 0 Å². The molecule has 6 rings (SSSR count). The Morgan fingerprint density at radius 1 is 1.02 bits per heavy atom. The Hall–Kier alpha value is -3.35. The van der Waals surface area contributed by atoms with E-state index in [1.54, 1.807) is 21.6 Å². The van der Waals surface area contributed by atoms with Crippen molar-refractivity contribution in [2.45, 2.75) is 95.6 Å². The molecule has 4 aromatic rings. The molecule has 1 aliphatic heterocycles. The zero-order valence-electron chi connectivity index (χ0n) is 30.2. The summed E-state index contributed by atoms with van der Waals surface area (Å²) >= 11 is 0. The number of fused-ring (bicyclic) bond motifs is 4. The van der Waals surface area contributed by atoms with E-state index in [0.717, 1.165) is 48.1 Å². The van der Waals surface area contributed by atoms with Crippen LogP contribution in [0.4, 0.5) is 0 Å². The summed E-state index contributed by atoms with van der Waals surface area (Å²) in [5.74, 6) is 1.21. The third-order valence-corrected chi connectivity index (χ3v) is 12.7. The standard InChI is InChI=1S/C41H51NO8S2/c1-23(2)14-27-18-30(31-21-51-52-22-32(42-3)26-11-6-10-25(15-26)16-29(31)38(27)46)41-40(48)39(47)37-35(19-28(44)20-36(37)50-41)49-34(12-7-13-43)33(45)17-24-8-4-5-9-24/h6,10-11,15,18-20,23-24,32-34,42-46,48H,4-5,7-9,12-14,16-17,21-22H2,1-3H3/t32-,33-,34-/m1/s1. The van der Waals surface area contributed by atoms with Crippen LogP contribution in [0.5, 0.6) is 23.0 Å². The number of aliphatic hydroxyl groups is 2. The minimum Gasteiger partial charge on any atom is -0.508 e. The number of benzene rings is 3. The molecule has 1 fully saturated rings. The monoisotopic (exact) mass is 749 g/mol. The first kappa shape index (κ1) is 38.4. The number of hydrogen-bond acceptors (Lipinski definition) is 11. The summed E-state index contributed by atoms with van der Waals surface area (Å²) < 4.78 is 12.7. The van der Waals surface area contributed by atoms with Gasteiger partial charge in [0, 0.05) is 53.8 Å². The van der Waals surface area contributed by atoms with Crippen molar-refractivity contribution in [2.24, 2.45) is 11.8 Å². The summed E-state index contributed by atoms with van der Waals surface area (Å²) in [7, 11) is 5.28. The van der Waals surface area contributed by atoms with Crippen LogP contribution in [0.2, 0.25) is 0 Å². The number of phenols is 2. The van der Waals surface area contributed by atoms with E-state index in [4.69, 9.17) is 9.15 Å². The van der Waals surface area contributed by atoms with Gasteiger partial charge in [-0.1, -0.05) is 85.4 Å². The zero-order chi connectivity index (χ0) is 36.9. The average Bonchev–Trinajstić information content (AvgIpc) is 3.62. The molecule has 280 valence electrons. The second kappa shape index (κ2) is 17.2. The highest BCUT2D eigenvalue weighted by Gasteiger charge is 2.30. The van der Waals surface area contributed by atoms with E-state index in [2.05, 4.69) is 31.3 Å². The van der Waals surface area contributed by atoms with Crippen molar-refractivity contribution in [1.29, 1.82) is 0 Å². The van der Waals surface area contributed by atoms with Crippen LogP contribution < -0.4 is 15.5 Å². The van der Waals surface area contributed by atoms with Crippen molar-refractivity contribution in [3.05, 3.63) is 80.5 Å². The molecule has 0 saturated heterocycles. The molecule has 3 aromatic carbocycles. The number of rotatable bonds is 12. The molecule has 2 heterocycles. The molecule has 1 aromatic heterocycles. The maximum absolute atomic E-state index is 14.2. The number of ether oxygens (including phenoxy) is 1. The number of aliphatic hydroxyl groups excluding tert-OH is 2. The summed E-state index contributed by atoms with van der Waals surface area (Å²) in [4.78, 5) is 14.2. The van der Waals surface area contributed by atoms with Crippen molar-refractivity contribution in [2.75, 3.05) is 19.4 Å². The molecule has 0 amide bonds. The Kier molecular flexibility index (Phi) is 12.7. The van der Waals surface area contributed by atoms with Gasteiger partial charge < -0.3 is 40.0 Å². The first-order chi connectivity index (χ1) is 25.1. The first-order valence-electron chi connectivity index (χ1n) is 18.4. The normalized spacial score (nSPS) is 17.9. The lowest BCUT2D eigenvalue weighted by Gasteiger charge is -2.26. The number of phenolic OH excluding ortho intramolecular Hbond substituents is 2. The van der Waals surface area contributed by atoms with Crippen LogP contribution in [0.25, 0.3) is 22.3 Å². The van der Waals surface area contributed by atoms with Crippen molar-refractivity contribution < 1.29 is 34.7 Å². The van der Waals surface area contributed by atoms with Crippen LogP contribution in [0.1, 0.15) is 92.7 Å². The largest absolute Gasteiger partial charge is 0.508 e. The number of nitrogens with one attached hydrogen (secondary N) is 1. The quantitative estimate of drug-likeness (QED) is 0.0782. The van der Waals surface area contributed by atoms with Crippen molar-refractivity contribution >= 4 is 32.6 Å². The Labute approximate surface area is 313 Å². The molecule has 11 heteroatoms. The highest BCUT2D eigenvalue weighted by Crippen LogP contribution is 2.45. The van der Waals surface area contributed by atoms with Crippen molar-refractivity contribution in [3.8, 4) is 34.3 Å². The third-order valence-electron chi connectivity index (χ3n) is 10.4. The second-order valence-corrected chi connectivity index (χ2v) is 17.2. The molecule has 0 radical (unpaired) electrons. The molecule has 0 spiro atoms. The molecule has 6 N–H and O–H groups in total. The van der Waals surface area contributed by atoms with Gasteiger partial charge in [0.2, 0.25) is 11.2 Å². The number of hydrogen-bond donors (Lipinski definition) is 6. The van der Waals surface area contributed by atoms with Crippen molar-refractivity contribution in [1.82, 2.24) is 5.32 Å². The summed E-state index contributed by atoms with van der Waals surface area (Å²) in [6, 6.07) is 12.9. The van der Waals surface area contributed by atoms with Gasteiger partial charge in [-0.2, -0.15) is 0 Å². The maximum atomic E-state index is 14.2. The Bertz CT molecular complexity index is 1920. The molecule has 9 nitrogen and oxygen atoms in total. The molecular formula is C41H51NO8S2. The summed E-state index contributed by atoms with van der Waals surface area (Å²) in [5.41, 5.74) is 4.15. The van der Waals surface area contributed by atoms with Gasteiger partial charge in [0.1, 0.15) is 34.3 Å². The summed E-state index contributed by atoms with van der Waals surface area (Å²) in [6.07, 6.45) is 5.00. The van der Waals surface area contributed by atoms with Crippen LogP contribution in [0.3, 0.4) is 0 Å². The molecular weight excluding hydrogens is 699 g/mol. The molecule has 3 atom stereocenters. The fourth-order valence-corrected chi connectivity index (χ4v) is 10.2. The van der Waals surface area contributed by atoms with E-state index < -0.39 is 23.4 Å². The fraction of sp³-hybridized carbons (Fsp3) is 0.488. The predicted octanol–water partition coefficient (Wildman–Crippen LogP) is 7.98. The van der Waals surface area contributed by atoms with Gasteiger partial charge in [-0.25, -0.2) is 0 Å². The van der Waals surface area contributed by atoms with Crippen LogP contribution >= 0.6 is 21.6 Å². The van der Waals surface area contributed by atoms with E-state index in [9.17, 15) is 30.3 Å². The SMILES string of the molecule is CN[C@@H]1CSSCc2c(-c3oc4cc(O)cc(O[C@H](CCCO)[C@H](O)CC5CCCC5)c4c(=O)c3O)cc(CC(C)C)c(O)c2Cc2cccc1c2. The molecule has 2 aliphatic rings. The van der Waals surface area contributed by atoms with E-state index in [-0.39, 0.29) is 52.5 Å². The van der Waals surface area contributed by atoms with Gasteiger partial charge in [0.15, 0.2) is 5.76 Å². The van der Waals surface area contributed by atoms with Gasteiger partial charge in [0.05, 0.1) is 6.10 Å². The van der Waals surface area contributed by atoms with E-state index in [1.807, 2.05) is 25.2 Å². The Morgan fingerprint density at radius 3 is 2.54 bits per heavy atom. The van der Waals surface area contributed by atoms with Crippen LogP contribution in [0.15, 0.2) is 51.7 Å². The lowest BCUT2D eigenvalue weighted by Crippen LogP contribution is -2.33. The van der Waals surface area contributed by atoms with Gasteiger partial charge in [-0.3, -0.25) is 4.79 Å². The maximum Gasteiger partial charge on any atom is 0.238 e. The average molecular weight is 750 g/mol. The van der Waals surface area contributed by atoms with E-state index in [0.29, 0.717) is 60.5 Å². The lowest BCUT2D eigenvalue weighted by molar-refractivity contribution is 0.0138. The van der Waals surface area contributed by atoms with Gasteiger partial charge in [0.25, 0.3) is 0 Å². The van der Waals surface area contributed by atoms with E-state index in [1.165, 1.54) is 12.1 Å². The van der Waals surface area contributed by atoms with Gasteiger partial charge in [-0.15, -0.1) is 0 Å². The molecule has 2 bridgehead atoms. The Balaban J connectivity index is 1.48. The van der Waals surface area contributed by atoms with Crippen molar-refractivity contribution in [3.63, 3.8) is 0 Å². The fourth-order valence-electron chi connectivity index (χ4n) is 7.73. The Morgan fingerprint density at radius 2 is 1.81 bits per heavy atom. The summed E-state index contributed by atoms with van der Waals surface area (Å²) in [6.45, 7) is 4.05. The van der Waals surface area contributed by atoms with E-state index >= 15 is 0 Å². The summed E-state index contributed by atoms with van der Waals surface area (Å²) in [5, 5.41) is 58.6.